The molecule has 1 N–H and O–H groups in total. The molecule has 0 fully saturated rings. The Morgan fingerprint density at radius 1 is 1.35 bits per heavy atom. The minimum atomic E-state index is 0.446. The van der Waals surface area contributed by atoms with Crippen molar-refractivity contribution in [2.24, 2.45) is 0 Å². The Bertz CT molecular complexity index is 411. The summed E-state index contributed by atoms with van der Waals surface area (Å²) in [5, 5.41) is 3.33. The van der Waals surface area contributed by atoms with E-state index in [9.17, 15) is 0 Å². The zero-order valence-electron chi connectivity index (χ0n) is 10.1. The summed E-state index contributed by atoms with van der Waals surface area (Å²) in [6.07, 6.45) is 8.53. The number of hydrogen-bond donors (Lipinski definition) is 1. The van der Waals surface area contributed by atoms with Crippen LogP contribution >= 0.6 is 0 Å². The van der Waals surface area contributed by atoms with Gasteiger partial charge in [0.15, 0.2) is 0 Å². The topological polar surface area (TPSA) is 38.1 Å². The van der Waals surface area contributed by atoms with E-state index in [1.54, 1.807) is 6.26 Å². The maximum absolute atomic E-state index is 5.37. The summed E-state index contributed by atoms with van der Waals surface area (Å²) in [7, 11) is 2.00. The van der Waals surface area contributed by atoms with Crippen molar-refractivity contribution in [1.29, 1.82) is 0 Å². The Labute approximate surface area is 102 Å². The van der Waals surface area contributed by atoms with Gasteiger partial charge < -0.3 is 9.73 Å². The normalized spacial score (nSPS) is 12.5. The van der Waals surface area contributed by atoms with Gasteiger partial charge in [-0.2, -0.15) is 0 Å². The Kier molecular flexibility index (Phi) is 4.33. The fraction of sp³-hybridized carbons (Fsp3) is 0.357. The van der Waals surface area contributed by atoms with E-state index < -0.39 is 0 Å². The molecule has 0 saturated heterocycles. The van der Waals surface area contributed by atoms with Gasteiger partial charge in [-0.15, -0.1) is 0 Å². The van der Waals surface area contributed by atoms with Gasteiger partial charge >= 0.3 is 0 Å². The highest BCUT2D eigenvalue weighted by Gasteiger charge is 2.09. The van der Waals surface area contributed by atoms with Crippen LogP contribution in [0.4, 0.5) is 0 Å². The monoisotopic (exact) mass is 230 g/mol. The number of nitrogens with zero attached hydrogens (tertiary/aromatic N) is 1. The predicted octanol–water partition coefficient (Wildman–Crippen LogP) is 2.44. The molecule has 0 radical (unpaired) electrons. The zero-order chi connectivity index (χ0) is 11.9. The fourth-order valence-corrected chi connectivity index (χ4v) is 1.91. The molecule has 2 rings (SSSR count). The van der Waals surface area contributed by atoms with Crippen molar-refractivity contribution in [3.63, 3.8) is 0 Å². The maximum atomic E-state index is 5.37. The molecule has 0 amide bonds. The molecule has 0 spiro atoms. The van der Waals surface area contributed by atoms with Gasteiger partial charge in [0.1, 0.15) is 5.76 Å². The van der Waals surface area contributed by atoms with E-state index in [0.717, 1.165) is 25.0 Å². The molecule has 1 atom stereocenters. The van der Waals surface area contributed by atoms with Crippen LogP contribution in [0.1, 0.15) is 17.7 Å². The largest absolute Gasteiger partial charge is 0.469 e. The van der Waals surface area contributed by atoms with Crippen LogP contribution < -0.4 is 5.32 Å². The van der Waals surface area contributed by atoms with E-state index in [0.29, 0.717) is 6.04 Å². The lowest BCUT2D eigenvalue weighted by Crippen LogP contribution is -2.28. The van der Waals surface area contributed by atoms with Crippen LogP contribution in [0.25, 0.3) is 0 Å². The van der Waals surface area contributed by atoms with Gasteiger partial charge in [-0.05, 0) is 43.7 Å². The lowest BCUT2D eigenvalue weighted by atomic mass is 10.0. The third-order valence-electron chi connectivity index (χ3n) is 2.94. The average Bonchev–Trinajstić information content (AvgIpc) is 2.88. The second-order valence-electron chi connectivity index (χ2n) is 4.17. The standard InChI is InChI=1S/C14H18N2O/c1-15-13(10-14-5-3-9-17-14)7-6-12-4-2-8-16-11-12/h2-5,8-9,11,13,15H,6-7,10H2,1H3. The summed E-state index contributed by atoms with van der Waals surface area (Å²) >= 11 is 0. The number of nitrogens with one attached hydrogen (secondary N) is 1. The first-order chi connectivity index (χ1) is 8.38. The van der Waals surface area contributed by atoms with Crippen LogP contribution in [0, 0.1) is 0 Å². The molecule has 3 heteroatoms. The summed E-state index contributed by atoms with van der Waals surface area (Å²) in [5.74, 6) is 1.04. The van der Waals surface area contributed by atoms with Crippen molar-refractivity contribution in [1.82, 2.24) is 10.3 Å². The van der Waals surface area contributed by atoms with Crippen LogP contribution in [-0.2, 0) is 12.8 Å². The van der Waals surface area contributed by atoms with E-state index in [1.807, 2.05) is 37.6 Å². The SMILES string of the molecule is CNC(CCc1cccnc1)Cc1ccco1. The molecular formula is C14H18N2O. The number of furan rings is 1. The smallest absolute Gasteiger partial charge is 0.105 e. The van der Waals surface area contributed by atoms with Gasteiger partial charge in [0, 0.05) is 24.9 Å². The number of hydrogen-bond acceptors (Lipinski definition) is 3. The lowest BCUT2D eigenvalue weighted by Gasteiger charge is -2.14. The second-order valence-corrected chi connectivity index (χ2v) is 4.17. The third kappa shape index (κ3) is 3.71. The number of likely N-dealkylation sites (N-methyl/N-ethyl adjacent to an activating group) is 1. The Balaban J connectivity index is 1.84. The molecule has 17 heavy (non-hydrogen) atoms. The Hall–Kier alpha value is -1.61. The average molecular weight is 230 g/mol. The highest BCUT2D eigenvalue weighted by molar-refractivity contribution is 5.09. The molecule has 0 saturated carbocycles. The molecule has 0 aliphatic rings. The molecule has 2 aromatic rings. The highest BCUT2D eigenvalue weighted by atomic mass is 16.3. The van der Waals surface area contributed by atoms with Gasteiger partial charge in [0.2, 0.25) is 0 Å². The molecule has 0 bridgehead atoms. The van der Waals surface area contributed by atoms with Gasteiger partial charge in [0.05, 0.1) is 6.26 Å². The minimum absolute atomic E-state index is 0.446. The van der Waals surface area contributed by atoms with Crippen molar-refractivity contribution < 1.29 is 4.42 Å². The maximum Gasteiger partial charge on any atom is 0.105 e. The van der Waals surface area contributed by atoms with E-state index >= 15 is 0 Å². The Morgan fingerprint density at radius 2 is 2.29 bits per heavy atom. The zero-order valence-corrected chi connectivity index (χ0v) is 10.1. The molecule has 0 aliphatic carbocycles. The van der Waals surface area contributed by atoms with Crippen molar-refractivity contribution in [2.45, 2.75) is 25.3 Å². The molecule has 0 aromatic carbocycles. The summed E-state index contributed by atoms with van der Waals surface area (Å²) in [6.45, 7) is 0. The van der Waals surface area contributed by atoms with Crippen molar-refractivity contribution in [3.8, 4) is 0 Å². The Morgan fingerprint density at radius 3 is 2.94 bits per heavy atom. The van der Waals surface area contributed by atoms with Crippen LogP contribution in [-0.4, -0.2) is 18.1 Å². The fourth-order valence-electron chi connectivity index (χ4n) is 1.91. The van der Waals surface area contributed by atoms with Crippen LogP contribution in [0.15, 0.2) is 47.3 Å². The van der Waals surface area contributed by atoms with Crippen molar-refractivity contribution in [2.75, 3.05) is 7.05 Å². The van der Waals surface area contributed by atoms with Crippen LogP contribution in [0.2, 0.25) is 0 Å². The number of pyridine rings is 1. The van der Waals surface area contributed by atoms with Crippen molar-refractivity contribution >= 4 is 0 Å². The van der Waals surface area contributed by atoms with Gasteiger partial charge in [0.25, 0.3) is 0 Å². The third-order valence-corrected chi connectivity index (χ3v) is 2.94. The van der Waals surface area contributed by atoms with Gasteiger partial charge in [-0.25, -0.2) is 0 Å². The van der Waals surface area contributed by atoms with Crippen molar-refractivity contribution in [3.05, 3.63) is 54.2 Å². The summed E-state index contributed by atoms with van der Waals surface area (Å²) in [6, 6.07) is 8.50. The lowest BCUT2D eigenvalue weighted by molar-refractivity contribution is 0.443. The molecule has 3 nitrogen and oxygen atoms in total. The van der Waals surface area contributed by atoms with Gasteiger partial charge in [-0.3, -0.25) is 4.98 Å². The first-order valence-corrected chi connectivity index (χ1v) is 5.97. The van der Waals surface area contributed by atoms with E-state index in [4.69, 9.17) is 4.42 Å². The van der Waals surface area contributed by atoms with Crippen LogP contribution in [0.3, 0.4) is 0 Å². The first kappa shape index (κ1) is 11.9. The summed E-state index contributed by atoms with van der Waals surface area (Å²) < 4.78 is 5.37. The number of rotatable bonds is 6. The quantitative estimate of drug-likeness (QED) is 0.828. The molecule has 2 heterocycles. The van der Waals surface area contributed by atoms with Crippen LogP contribution in [0.5, 0.6) is 0 Å². The molecule has 1 unspecified atom stereocenters. The van der Waals surface area contributed by atoms with E-state index in [2.05, 4.69) is 16.4 Å². The molecular weight excluding hydrogens is 212 g/mol. The van der Waals surface area contributed by atoms with Gasteiger partial charge in [-0.1, -0.05) is 6.07 Å². The number of aryl methyl sites for hydroxylation is 1. The first-order valence-electron chi connectivity index (χ1n) is 5.97. The van der Waals surface area contributed by atoms with E-state index in [1.165, 1.54) is 5.56 Å². The molecule has 0 aliphatic heterocycles. The highest BCUT2D eigenvalue weighted by Crippen LogP contribution is 2.09. The minimum Gasteiger partial charge on any atom is -0.469 e. The summed E-state index contributed by atoms with van der Waals surface area (Å²) in [4.78, 5) is 4.13. The second kappa shape index (κ2) is 6.21. The molecule has 90 valence electrons. The summed E-state index contributed by atoms with van der Waals surface area (Å²) in [5.41, 5.74) is 1.28. The predicted molar refractivity (Wildman–Crippen MR) is 67.8 cm³/mol. The number of aromatic nitrogens is 1. The molecule has 2 aromatic heterocycles. The van der Waals surface area contributed by atoms with E-state index in [-0.39, 0.29) is 0 Å².